The van der Waals surface area contributed by atoms with Crippen LogP contribution in [0.3, 0.4) is 0 Å². The minimum Gasteiger partial charge on any atom is -0.507 e. The van der Waals surface area contributed by atoms with Crippen molar-refractivity contribution in [3.63, 3.8) is 0 Å². The number of piperidine rings is 1. The molecule has 5 nitrogen and oxygen atoms in total. The molecule has 2 N–H and O–H groups in total. The second-order valence-corrected chi connectivity index (χ2v) is 7.46. The summed E-state index contributed by atoms with van der Waals surface area (Å²) in [5, 5.41) is 22.8. The number of aromatic hydroxyl groups is 1. The van der Waals surface area contributed by atoms with E-state index in [-0.39, 0.29) is 0 Å². The zero-order valence-corrected chi connectivity index (χ0v) is 15.0. The van der Waals surface area contributed by atoms with Gasteiger partial charge in [-0.2, -0.15) is 0 Å². The predicted molar refractivity (Wildman–Crippen MR) is 100 cm³/mol. The van der Waals surface area contributed by atoms with E-state index in [0.717, 1.165) is 48.4 Å². The fourth-order valence-corrected chi connectivity index (χ4v) is 4.21. The number of hydrogen-bond donors (Lipinski definition) is 2. The molecule has 0 spiro atoms. The number of aryl methyl sites for hydroxylation is 2. The second-order valence-electron chi connectivity index (χ2n) is 7.46. The summed E-state index contributed by atoms with van der Waals surface area (Å²) in [6, 6.07) is 6.32. The second kappa shape index (κ2) is 6.64. The standard InChI is InChI=1S/C20H26N4O/c1-13-11-18(21-15-6-4-10-24(2)12-15)22-23-20(13)19-16-7-3-5-14(16)8-9-17(19)25/h8-9,11,15,25H,3-7,10,12H2,1-2H3,(H,21,22)/t15-/m1/s1. The van der Waals surface area contributed by atoms with E-state index < -0.39 is 0 Å². The quantitative estimate of drug-likeness (QED) is 0.900. The van der Waals surface area contributed by atoms with E-state index in [9.17, 15) is 5.11 Å². The minimum absolute atomic E-state index is 0.313. The Morgan fingerprint density at radius 2 is 2.08 bits per heavy atom. The summed E-state index contributed by atoms with van der Waals surface area (Å²) in [6.45, 7) is 4.26. The van der Waals surface area contributed by atoms with Crippen molar-refractivity contribution in [2.45, 2.75) is 45.1 Å². The van der Waals surface area contributed by atoms with Crippen molar-refractivity contribution in [3.8, 4) is 17.0 Å². The van der Waals surface area contributed by atoms with Gasteiger partial charge in [-0.1, -0.05) is 6.07 Å². The normalized spacial score (nSPS) is 20.5. The Bertz CT molecular complexity index is 790. The lowest BCUT2D eigenvalue weighted by Gasteiger charge is -2.30. The van der Waals surface area contributed by atoms with Crippen LogP contribution in [0.25, 0.3) is 11.3 Å². The highest BCUT2D eigenvalue weighted by Gasteiger charge is 2.22. The lowest BCUT2D eigenvalue weighted by atomic mass is 9.97. The third-order valence-electron chi connectivity index (χ3n) is 5.46. The first-order chi connectivity index (χ1) is 12.1. The third kappa shape index (κ3) is 3.21. The molecule has 0 amide bonds. The number of nitrogens with one attached hydrogen (secondary N) is 1. The van der Waals surface area contributed by atoms with Crippen LogP contribution in [-0.4, -0.2) is 46.4 Å². The summed E-state index contributed by atoms with van der Waals surface area (Å²) in [6.07, 6.45) is 5.62. The molecule has 1 aromatic heterocycles. The van der Waals surface area contributed by atoms with Crippen LogP contribution in [0, 0.1) is 6.92 Å². The molecule has 1 aliphatic carbocycles. The van der Waals surface area contributed by atoms with Gasteiger partial charge >= 0.3 is 0 Å². The van der Waals surface area contributed by atoms with E-state index in [0.29, 0.717) is 11.8 Å². The Balaban J connectivity index is 1.62. The lowest BCUT2D eigenvalue weighted by molar-refractivity contribution is 0.260. The van der Waals surface area contributed by atoms with Crippen LogP contribution in [0.2, 0.25) is 0 Å². The van der Waals surface area contributed by atoms with Crippen LogP contribution in [0.4, 0.5) is 5.82 Å². The van der Waals surface area contributed by atoms with Gasteiger partial charge in [-0.3, -0.25) is 0 Å². The van der Waals surface area contributed by atoms with E-state index in [2.05, 4.69) is 40.5 Å². The molecule has 132 valence electrons. The third-order valence-corrected chi connectivity index (χ3v) is 5.46. The topological polar surface area (TPSA) is 61.3 Å². The summed E-state index contributed by atoms with van der Waals surface area (Å²) < 4.78 is 0. The van der Waals surface area contributed by atoms with Gasteiger partial charge in [-0.25, -0.2) is 0 Å². The molecule has 0 radical (unpaired) electrons. The maximum absolute atomic E-state index is 10.4. The van der Waals surface area contributed by atoms with Crippen LogP contribution in [0.15, 0.2) is 18.2 Å². The maximum atomic E-state index is 10.4. The fourth-order valence-electron chi connectivity index (χ4n) is 4.21. The van der Waals surface area contributed by atoms with E-state index in [1.807, 2.05) is 6.07 Å². The van der Waals surface area contributed by atoms with Gasteiger partial charge in [-0.15, -0.1) is 10.2 Å². The Morgan fingerprint density at radius 3 is 2.88 bits per heavy atom. The molecule has 2 aromatic rings. The first-order valence-electron chi connectivity index (χ1n) is 9.25. The average Bonchev–Trinajstić information content (AvgIpc) is 3.04. The highest BCUT2D eigenvalue weighted by Crippen LogP contribution is 2.39. The van der Waals surface area contributed by atoms with Gasteiger partial charge in [0.05, 0.1) is 5.69 Å². The van der Waals surface area contributed by atoms with Gasteiger partial charge in [0, 0.05) is 18.2 Å². The maximum Gasteiger partial charge on any atom is 0.149 e. The van der Waals surface area contributed by atoms with Crippen LogP contribution in [-0.2, 0) is 12.8 Å². The molecule has 0 saturated carbocycles. The molecule has 1 aliphatic heterocycles. The van der Waals surface area contributed by atoms with Crippen molar-refractivity contribution in [1.82, 2.24) is 15.1 Å². The number of rotatable bonds is 3. The molecule has 2 aliphatic rings. The predicted octanol–water partition coefficient (Wildman–Crippen LogP) is 3.15. The fraction of sp³-hybridized carbons (Fsp3) is 0.500. The van der Waals surface area contributed by atoms with Crippen molar-refractivity contribution in [3.05, 3.63) is 34.9 Å². The average molecular weight is 338 g/mol. The number of anilines is 1. The van der Waals surface area contributed by atoms with E-state index in [1.165, 1.54) is 30.5 Å². The molecule has 0 unspecified atom stereocenters. The zero-order valence-electron chi connectivity index (χ0n) is 15.0. The van der Waals surface area contributed by atoms with Crippen molar-refractivity contribution >= 4 is 5.82 Å². The first-order valence-corrected chi connectivity index (χ1v) is 9.25. The van der Waals surface area contributed by atoms with E-state index in [1.54, 1.807) is 6.07 Å². The zero-order chi connectivity index (χ0) is 17.4. The molecule has 25 heavy (non-hydrogen) atoms. The summed E-state index contributed by atoms with van der Waals surface area (Å²) in [4.78, 5) is 2.35. The summed E-state index contributed by atoms with van der Waals surface area (Å²) in [5.41, 5.74) is 5.32. The molecular weight excluding hydrogens is 312 g/mol. The van der Waals surface area contributed by atoms with Crippen molar-refractivity contribution in [2.24, 2.45) is 0 Å². The number of fused-ring (bicyclic) bond motifs is 1. The number of phenolic OH excluding ortho intramolecular Hbond substituents is 1. The van der Waals surface area contributed by atoms with E-state index in [4.69, 9.17) is 0 Å². The molecule has 1 fully saturated rings. The van der Waals surface area contributed by atoms with Crippen LogP contribution >= 0.6 is 0 Å². The molecule has 4 rings (SSSR count). The van der Waals surface area contributed by atoms with Gasteiger partial charge in [0.15, 0.2) is 0 Å². The van der Waals surface area contributed by atoms with Gasteiger partial charge in [0.1, 0.15) is 11.6 Å². The molecule has 2 heterocycles. The number of likely N-dealkylation sites (tertiary alicyclic amines) is 1. The van der Waals surface area contributed by atoms with E-state index >= 15 is 0 Å². The van der Waals surface area contributed by atoms with Crippen LogP contribution in [0.5, 0.6) is 5.75 Å². The number of likely N-dealkylation sites (N-methyl/N-ethyl adjacent to an activating group) is 1. The number of benzene rings is 1. The Morgan fingerprint density at radius 1 is 1.20 bits per heavy atom. The Labute approximate surface area is 149 Å². The van der Waals surface area contributed by atoms with Crippen LogP contribution in [0.1, 0.15) is 36.0 Å². The summed E-state index contributed by atoms with van der Waals surface area (Å²) in [7, 11) is 2.16. The summed E-state index contributed by atoms with van der Waals surface area (Å²) in [5.74, 6) is 1.14. The number of hydrogen-bond acceptors (Lipinski definition) is 5. The number of phenols is 1. The van der Waals surface area contributed by atoms with Gasteiger partial charge in [0.2, 0.25) is 0 Å². The smallest absolute Gasteiger partial charge is 0.149 e. The Kier molecular flexibility index (Phi) is 4.34. The number of nitrogens with zero attached hydrogens (tertiary/aromatic N) is 3. The number of aromatic nitrogens is 2. The molecule has 5 heteroatoms. The monoisotopic (exact) mass is 338 g/mol. The highest BCUT2D eigenvalue weighted by molar-refractivity contribution is 5.75. The summed E-state index contributed by atoms with van der Waals surface area (Å²) >= 11 is 0. The highest BCUT2D eigenvalue weighted by atomic mass is 16.3. The molecular formula is C20H26N4O. The van der Waals surface area contributed by atoms with Gasteiger partial charge < -0.3 is 15.3 Å². The lowest BCUT2D eigenvalue weighted by Crippen LogP contribution is -2.39. The van der Waals surface area contributed by atoms with Crippen LogP contribution < -0.4 is 5.32 Å². The SMILES string of the molecule is Cc1cc(N[C@@H]2CCCN(C)C2)nnc1-c1c(O)ccc2c1CCC2. The minimum atomic E-state index is 0.313. The van der Waals surface area contributed by atoms with Crippen molar-refractivity contribution in [2.75, 3.05) is 25.5 Å². The van der Waals surface area contributed by atoms with Crippen molar-refractivity contribution < 1.29 is 5.11 Å². The van der Waals surface area contributed by atoms with Crippen molar-refractivity contribution in [1.29, 1.82) is 0 Å². The molecule has 1 atom stereocenters. The molecule has 0 bridgehead atoms. The van der Waals surface area contributed by atoms with Gasteiger partial charge in [-0.05, 0) is 81.4 Å². The largest absolute Gasteiger partial charge is 0.507 e. The molecule has 1 saturated heterocycles. The Hall–Kier alpha value is -2.14. The van der Waals surface area contributed by atoms with Gasteiger partial charge in [0.25, 0.3) is 0 Å². The molecule has 1 aromatic carbocycles. The first kappa shape index (κ1) is 16.3.